The van der Waals surface area contributed by atoms with E-state index in [0.29, 0.717) is 6.04 Å². The lowest BCUT2D eigenvalue weighted by Gasteiger charge is -2.32. The number of hydrogen-bond donors (Lipinski definition) is 1. The van der Waals surface area contributed by atoms with E-state index in [0.717, 1.165) is 21.2 Å². The fraction of sp³-hybridized carbons (Fsp3) is 0.529. The van der Waals surface area contributed by atoms with E-state index in [9.17, 15) is 0 Å². The predicted octanol–water partition coefficient (Wildman–Crippen LogP) is 4.07. The van der Waals surface area contributed by atoms with Crippen molar-refractivity contribution in [3.05, 3.63) is 29.0 Å². The molecule has 118 valence electrons. The first-order valence-electron chi connectivity index (χ1n) is 8.15. The normalized spacial score (nSPS) is 17.0. The molecule has 0 bridgehead atoms. The first-order chi connectivity index (χ1) is 10.8. The molecule has 0 amide bonds. The number of unbranched alkanes of at least 4 members (excludes halogenated alkanes) is 1. The maximum Gasteiger partial charge on any atom is 0.137 e. The van der Waals surface area contributed by atoms with Gasteiger partial charge in [0, 0.05) is 29.0 Å². The number of hydrogen-bond acceptors (Lipinski definition) is 4. The third-order valence-corrected chi connectivity index (χ3v) is 4.85. The molecule has 1 aliphatic rings. The third kappa shape index (κ3) is 3.76. The first-order valence-corrected chi connectivity index (χ1v) is 8.94. The molecule has 0 unspecified atom stereocenters. The molecule has 0 atom stereocenters. The molecule has 2 aromatic rings. The van der Waals surface area contributed by atoms with Crippen LogP contribution in [0, 0.1) is 0 Å². The molecule has 1 saturated heterocycles. The number of piperidine rings is 1. The highest BCUT2D eigenvalue weighted by Gasteiger charge is 2.19. The topological polar surface area (TPSA) is 41.0 Å². The largest absolute Gasteiger partial charge is 0.367 e. The maximum atomic E-state index is 4.45. The predicted molar refractivity (Wildman–Crippen MR) is 95.2 cm³/mol. The van der Waals surface area contributed by atoms with Gasteiger partial charge in [-0.05, 0) is 44.0 Å². The van der Waals surface area contributed by atoms with Crippen molar-refractivity contribution in [3.63, 3.8) is 0 Å². The summed E-state index contributed by atoms with van der Waals surface area (Å²) in [4.78, 5) is 11.4. The van der Waals surface area contributed by atoms with Gasteiger partial charge in [-0.25, -0.2) is 9.97 Å². The number of likely N-dealkylation sites (tertiary alicyclic amines) is 1. The van der Waals surface area contributed by atoms with Gasteiger partial charge in [0.05, 0.1) is 5.52 Å². The van der Waals surface area contributed by atoms with Crippen molar-refractivity contribution in [2.24, 2.45) is 0 Å². The van der Waals surface area contributed by atoms with Gasteiger partial charge in [-0.1, -0.05) is 29.3 Å². The molecule has 1 aliphatic heterocycles. The molecule has 1 N–H and O–H groups in total. The summed E-state index contributed by atoms with van der Waals surface area (Å²) >= 11 is 3.53. The Bertz CT molecular complexity index is 623. The molecule has 0 radical (unpaired) electrons. The first kappa shape index (κ1) is 15.7. The van der Waals surface area contributed by atoms with Crippen molar-refractivity contribution < 1.29 is 0 Å². The lowest BCUT2D eigenvalue weighted by molar-refractivity contribution is 0.216. The van der Waals surface area contributed by atoms with E-state index in [4.69, 9.17) is 0 Å². The average Bonchev–Trinajstić information content (AvgIpc) is 2.55. The standard InChI is InChI=1S/C17H23BrN4/c1-2-3-8-22-9-6-14(7-10-22)21-17-15-11-13(18)4-5-16(15)19-12-20-17/h4-5,11-12,14H,2-3,6-10H2,1H3,(H,19,20,21). The zero-order valence-corrected chi connectivity index (χ0v) is 14.6. The second kappa shape index (κ2) is 7.38. The molecule has 0 saturated carbocycles. The van der Waals surface area contributed by atoms with Crippen LogP contribution in [0.1, 0.15) is 32.6 Å². The van der Waals surface area contributed by atoms with Crippen LogP contribution in [-0.4, -0.2) is 40.5 Å². The Balaban J connectivity index is 1.66. The summed E-state index contributed by atoms with van der Waals surface area (Å²) in [5, 5.41) is 4.72. The Hall–Kier alpha value is -1.20. The molecular formula is C17H23BrN4. The number of nitrogens with zero attached hydrogens (tertiary/aromatic N) is 3. The van der Waals surface area contributed by atoms with Gasteiger partial charge in [-0.3, -0.25) is 0 Å². The van der Waals surface area contributed by atoms with Crippen molar-refractivity contribution in [3.8, 4) is 0 Å². The lowest BCUT2D eigenvalue weighted by atomic mass is 10.0. The fourth-order valence-electron chi connectivity index (χ4n) is 3.02. The average molecular weight is 363 g/mol. The van der Waals surface area contributed by atoms with E-state index in [2.05, 4.69) is 49.1 Å². The Morgan fingerprint density at radius 1 is 1.27 bits per heavy atom. The highest BCUT2D eigenvalue weighted by molar-refractivity contribution is 9.10. The Morgan fingerprint density at radius 3 is 2.86 bits per heavy atom. The van der Waals surface area contributed by atoms with Gasteiger partial charge in [-0.15, -0.1) is 0 Å². The summed E-state index contributed by atoms with van der Waals surface area (Å²) in [6.07, 6.45) is 6.60. The van der Waals surface area contributed by atoms with Crippen LogP contribution in [0.5, 0.6) is 0 Å². The van der Waals surface area contributed by atoms with E-state index < -0.39 is 0 Å². The van der Waals surface area contributed by atoms with Crippen LogP contribution in [0.4, 0.5) is 5.82 Å². The minimum atomic E-state index is 0.509. The molecule has 22 heavy (non-hydrogen) atoms. The van der Waals surface area contributed by atoms with E-state index in [1.807, 2.05) is 12.1 Å². The fourth-order valence-corrected chi connectivity index (χ4v) is 3.38. The SMILES string of the molecule is CCCCN1CCC(Nc2ncnc3ccc(Br)cc23)CC1. The summed E-state index contributed by atoms with van der Waals surface area (Å²) in [7, 11) is 0. The van der Waals surface area contributed by atoms with Gasteiger partial charge in [0.15, 0.2) is 0 Å². The summed E-state index contributed by atoms with van der Waals surface area (Å²) in [6, 6.07) is 6.65. The Labute approximate surface area is 140 Å². The number of nitrogens with one attached hydrogen (secondary N) is 1. The van der Waals surface area contributed by atoms with Crippen molar-refractivity contribution in [1.82, 2.24) is 14.9 Å². The van der Waals surface area contributed by atoms with Crippen molar-refractivity contribution >= 4 is 32.7 Å². The molecule has 2 heterocycles. The van der Waals surface area contributed by atoms with Crippen LogP contribution >= 0.6 is 15.9 Å². The van der Waals surface area contributed by atoms with Gasteiger partial charge in [0.25, 0.3) is 0 Å². The molecule has 1 aromatic carbocycles. The Morgan fingerprint density at radius 2 is 2.09 bits per heavy atom. The molecule has 4 nitrogen and oxygen atoms in total. The number of fused-ring (bicyclic) bond motifs is 1. The lowest BCUT2D eigenvalue weighted by Crippen LogP contribution is -2.39. The van der Waals surface area contributed by atoms with E-state index in [1.54, 1.807) is 6.33 Å². The molecule has 0 spiro atoms. The van der Waals surface area contributed by atoms with Crippen molar-refractivity contribution in [2.75, 3.05) is 25.0 Å². The van der Waals surface area contributed by atoms with Gasteiger partial charge in [0.1, 0.15) is 12.1 Å². The summed E-state index contributed by atoms with van der Waals surface area (Å²) in [6.45, 7) is 5.87. The molecule has 1 fully saturated rings. The van der Waals surface area contributed by atoms with E-state index in [1.165, 1.54) is 45.3 Å². The van der Waals surface area contributed by atoms with Crippen LogP contribution in [0.25, 0.3) is 10.9 Å². The minimum absolute atomic E-state index is 0.509. The molecule has 1 aromatic heterocycles. The van der Waals surface area contributed by atoms with Crippen molar-refractivity contribution in [1.29, 1.82) is 0 Å². The van der Waals surface area contributed by atoms with Crippen LogP contribution in [0.15, 0.2) is 29.0 Å². The summed E-state index contributed by atoms with van der Waals surface area (Å²) in [5.74, 6) is 0.957. The molecular weight excluding hydrogens is 340 g/mol. The van der Waals surface area contributed by atoms with Gasteiger partial charge in [-0.2, -0.15) is 0 Å². The van der Waals surface area contributed by atoms with Gasteiger partial charge >= 0.3 is 0 Å². The van der Waals surface area contributed by atoms with Gasteiger partial charge < -0.3 is 10.2 Å². The Kier molecular flexibility index (Phi) is 5.26. The molecule has 3 rings (SSSR count). The molecule has 5 heteroatoms. The number of halogens is 1. The zero-order chi connectivity index (χ0) is 15.4. The maximum absolute atomic E-state index is 4.45. The quantitative estimate of drug-likeness (QED) is 0.870. The molecule has 0 aliphatic carbocycles. The highest BCUT2D eigenvalue weighted by Crippen LogP contribution is 2.25. The number of anilines is 1. The van der Waals surface area contributed by atoms with Gasteiger partial charge in [0.2, 0.25) is 0 Å². The summed E-state index contributed by atoms with van der Waals surface area (Å²) in [5.41, 5.74) is 0.987. The van der Waals surface area contributed by atoms with Crippen LogP contribution in [0.2, 0.25) is 0 Å². The number of benzene rings is 1. The zero-order valence-electron chi connectivity index (χ0n) is 13.1. The van der Waals surface area contributed by atoms with E-state index in [-0.39, 0.29) is 0 Å². The second-order valence-corrected chi connectivity index (χ2v) is 6.91. The van der Waals surface area contributed by atoms with Crippen LogP contribution in [-0.2, 0) is 0 Å². The van der Waals surface area contributed by atoms with Crippen LogP contribution in [0.3, 0.4) is 0 Å². The monoisotopic (exact) mass is 362 g/mol. The number of rotatable bonds is 5. The summed E-state index contributed by atoms with van der Waals surface area (Å²) < 4.78 is 1.06. The third-order valence-electron chi connectivity index (χ3n) is 4.35. The second-order valence-electron chi connectivity index (χ2n) is 6.00. The van der Waals surface area contributed by atoms with E-state index >= 15 is 0 Å². The van der Waals surface area contributed by atoms with Crippen LogP contribution < -0.4 is 5.32 Å². The van der Waals surface area contributed by atoms with Crippen molar-refractivity contribution in [2.45, 2.75) is 38.6 Å². The highest BCUT2D eigenvalue weighted by atomic mass is 79.9. The minimum Gasteiger partial charge on any atom is -0.367 e. The number of aromatic nitrogens is 2. The smallest absolute Gasteiger partial charge is 0.137 e.